The first kappa shape index (κ1) is 16.8. The molecule has 0 atom stereocenters. The summed E-state index contributed by atoms with van der Waals surface area (Å²) in [5.74, 6) is 0.429. The lowest BCUT2D eigenvalue weighted by atomic mass is 10.1. The van der Waals surface area contributed by atoms with Crippen molar-refractivity contribution in [2.45, 2.75) is 40.7 Å². The third-order valence-corrected chi connectivity index (χ3v) is 3.70. The Labute approximate surface area is 136 Å². The summed E-state index contributed by atoms with van der Waals surface area (Å²) >= 11 is 0. The number of amides is 1. The number of hydrogen-bond acceptors (Lipinski definition) is 3. The smallest absolute Gasteiger partial charge is 0.228 e. The average molecular weight is 310 g/mol. The molecule has 0 saturated carbocycles. The van der Waals surface area contributed by atoms with Gasteiger partial charge in [0.25, 0.3) is 0 Å². The first-order valence-electron chi connectivity index (χ1n) is 7.73. The highest BCUT2D eigenvalue weighted by atomic mass is 16.1. The zero-order valence-electron chi connectivity index (χ0n) is 14.1. The van der Waals surface area contributed by atoms with E-state index in [1.165, 1.54) is 0 Å². The molecule has 0 fully saturated rings. The first-order valence-corrected chi connectivity index (χ1v) is 7.73. The SMILES string of the molecule is Cc1nn(CC(C)C)c(C)c1CC(=O)Nc1ccc(C#N)cc1. The van der Waals surface area contributed by atoms with E-state index in [1.54, 1.807) is 24.3 Å². The van der Waals surface area contributed by atoms with Crippen LogP contribution in [-0.2, 0) is 17.8 Å². The van der Waals surface area contributed by atoms with E-state index in [4.69, 9.17) is 5.26 Å². The van der Waals surface area contributed by atoms with Gasteiger partial charge < -0.3 is 5.32 Å². The van der Waals surface area contributed by atoms with E-state index < -0.39 is 0 Å². The van der Waals surface area contributed by atoms with Gasteiger partial charge in [0.1, 0.15) is 0 Å². The minimum atomic E-state index is -0.0787. The lowest BCUT2D eigenvalue weighted by molar-refractivity contribution is -0.115. The second-order valence-electron chi connectivity index (χ2n) is 6.14. The highest BCUT2D eigenvalue weighted by molar-refractivity contribution is 5.92. The molecule has 0 aliphatic rings. The summed E-state index contributed by atoms with van der Waals surface area (Å²) in [7, 11) is 0. The Morgan fingerprint density at radius 2 is 1.96 bits per heavy atom. The number of aromatic nitrogens is 2. The van der Waals surface area contributed by atoms with Gasteiger partial charge in [0.05, 0.1) is 23.7 Å². The third-order valence-electron chi connectivity index (χ3n) is 3.70. The molecule has 2 aromatic rings. The number of carbonyl (C=O) groups is 1. The summed E-state index contributed by atoms with van der Waals surface area (Å²) in [6.45, 7) is 9.09. The average Bonchev–Trinajstić information content (AvgIpc) is 2.75. The molecule has 0 aliphatic heterocycles. The van der Waals surface area contributed by atoms with E-state index >= 15 is 0 Å². The Morgan fingerprint density at radius 1 is 1.30 bits per heavy atom. The Morgan fingerprint density at radius 3 is 2.52 bits per heavy atom. The summed E-state index contributed by atoms with van der Waals surface area (Å²) in [5.41, 5.74) is 4.20. The molecular formula is C18H22N4O. The van der Waals surface area contributed by atoms with Gasteiger partial charge >= 0.3 is 0 Å². The maximum atomic E-state index is 12.3. The van der Waals surface area contributed by atoms with Gasteiger partial charge in [-0.15, -0.1) is 0 Å². The van der Waals surface area contributed by atoms with Gasteiger partial charge in [-0.25, -0.2) is 0 Å². The fraction of sp³-hybridized carbons (Fsp3) is 0.389. The standard InChI is InChI=1S/C18H22N4O/c1-12(2)11-22-14(4)17(13(3)21-22)9-18(23)20-16-7-5-15(10-19)6-8-16/h5-8,12H,9,11H2,1-4H3,(H,20,23). The van der Waals surface area contributed by atoms with Crippen LogP contribution in [0.25, 0.3) is 0 Å². The van der Waals surface area contributed by atoms with E-state index in [9.17, 15) is 4.79 Å². The molecule has 1 amide bonds. The van der Waals surface area contributed by atoms with Crippen LogP contribution in [0.3, 0.4) is 0 Å². The molecular weight excluding hydrogens is 288 g/mol. The van der Waals surface area contributed by atoms with Gasteiger partial charge in [0.2, 0.25) is 5.91 Å². The molecule has 1 N–H and O–H groups in total. The van der Waals surface area contributed by atoms with Crippen LogP contribution >= 0.6 is 0 Å². The maximum absolute atomic E-state index is 12.3. The van der Waals surface area contributed by atoms with Crippen LogP contribution in [-0.4, -0.2) is 15.7 Å². The van der Waals surface area contributed by atoms with Crippen LogP contribution in [0.1, 0.15) is 36.4 Å². The van der Waals surface area contributed by atoms with Crippen molar-refractivity contribution >= 4 is 11.6 Å². The maximum Gasteiger partial charge on any atom is 0.228 e. The van der Waals surface area contributed by atoms with Crippen LogP contribution in [0.5, 0.6) is 0 Å². The van der Waals surface area contributed by atoms with Gasteiger partial charge in [-0.2, -0.15) is 10.4 Å². The zero-order valence-corrected chi connectivity index (χ0v) is 14.1. The summed E-state index contributed by atoms with van der Waals surface area (Å²) in [6, 6.07) is 8.90. The fourth-order valence-corrected chi connectivity index (χ4v) is 2.51. The number of aryl methyl sites for hydroxylation is 1. The highest BCUT2D eigenvalue weighted by Gasteiger charge is 2.15. The monoisotopic (exact) mass is 310 g/mol. The largest absolute Gasteiger partial charge is 0.326 e. The van der Waals surface area contributed by atoms with Crippen molar-refractivity contribution < 1.29 is 4.79 Å². The van der Waals surface area contributed by atoms with Crippen molar-refractivity contribution in [1.29, 1.82) is 5.26 Å². The quantitative estimate of drug-likeness (QED) is 0.921. The van der Waals surface area contributed by atoms with E-state index in [1.807, 2.05) is 18.5 Å². The van der Waals surface area contributed by atoms with Crippen molar-refractivity contribution in [1.82, 2.24) is 9.78 Å². The Kier molecular flexibility index (Phi) is 5.17. The van der Waals surface area contributed by atoms with Crippen molar-refractivity contribution in [2.24, 2.45) is 5.92 Å². The number of nitrogens with zero attached hydrogens (tertiary/aromatic N) is 3. The Hall–Kier alpha value is -2.61. The third kappa shape index (κ3) is 4.19. The highest BCUT2D eigenvalue weighted by Crippen LogP contribution is 2.16. The van der Waals surface area contributed by atoms with Gasteiger partial charge in [0.15, 0.2) is 0 Å². The predicted molar refractivity (Wildman–Crippen MR) is 90.0 cm³/mol. The molecule has 0 radical (unpaired) electrons. The summed E-state index contributed by atoms with van der Waals surface area (Å²) < 4.78 is 1.98. The molecule has 1 aromatic carbocycles. The second-order valence-corrected chi connectivity index (χ2v) is 6.14. The zero-order chi connectivity index (χ0) is 17.0. The number of carbonyl (C=O) groups excluding carboxylic acids is 1. The molecule has 0 spiro atoms. The van der Waals surface area contributed by atoms with Gasteiger partial charge in [0, 0.05) is 23.5 Å². The van der Waals surface area contributed by atoms with Crippen LogP contribution < -0.4 is 5.32 Å². The number of nitrogens with one attached hydrogen (secondary N) is 1. The lowest BCUT2D eigenvalue weighted by Gasteiger charge is -2.08. The topological polar surface area (TPSA) is 70.7 Å². The Balaban J connectivity index is 2.08. The number of nitriles is 1. The van der Waals surface area contributed by atoms with Crippen LogP contribution in [0.15, 0.2) is 24.3 Å². The minimum Gasteiger partial charge on any atom is -0.326 e. The van der Waals surface area contributed by atoms with Crippen molar-refractivity contribution in [3.8, 4) is 6.07 Å². The van der Waals surface area contributed by atoms with Gasteiger partial charge in [-0.05, 0) is 44.0 Å². The van der Waals surface area contributed by atoms with E-state index in [0.29, 0.717) is 23.6 Å². The van der Waals surface area contributed by atoms with Crippen LogP contribution in [0.4, 0.5) is 5.69 Å². The molecule has 0 bridgehead atoms. The van der Waals surface area contributed by atoms with Crippen LogP contribution in [0.2, 0.25) is 0 Å². The predicted octanol–water partition coefficient (Wildman–Crippen LogP) is 3.21. The van der Waals surface area contributed by atoms with E-state index in [0.717, 1.165) is 23.5 Å². The van der Waals surface area contributed by atoms with Crippen LogP contribution in [0, 0.1) is 31.1 Å². The molecule has 1 heterocycles. The minimum absolute atomic E-state index is 0.0787. The normalized spacial score (nSPS) is 10.6. The molecule has 2 rings (SSSR count). The van der Waals surface area contributed by atoms with Gasteiger partial charge in [-0.3, -0.25) is 9.48 Å². The molecule has 0 saturated heterocycles. The summed E-state index contributed by atoms with van der Waals surface area (Å²) in [6.07, 6.45) is 0.301. The second kappa shape index (κ2) is 7.10. The fourth-order valence-electron chi connectivity index (χ4n) is 2.51. The van der Waals surface area contributed by atoms with E-state index in [-0.39, 0.29) is 5.91 Å². The molecule has 0 aliphatic carbocycles. The summed E-state index contributed by atoms with van der Waals surface area (Å²) in [5, 5.41) is 16.2. The number of benzene rings is 1. The molecule has 5 heteroatoms. The van der Waals surface area contributed by atoms with Crippen molar-refractivity contribution in [2.75, 3.05) is 5.32 Å². The molecule has 120 valence electrons. The van der Waals surface area contributed by atoms with Gasteiger partial charge in [-0.1, -0.05) is 13.8 Å². The lowest BCUT2D eigenvalue weighted by Crippen LogP contribution is -2.15. The molecule has 5 nitrogen and oxygen atoms in total. The van der Waals surface area contributed by atoms with Crippen molar-refractivity contribution in [3.63, 3.8) is 0 Å². The number of anilines is 1. The van der Waals surface area contributed by atoms with Crippen molar-refractivity contribution in [3.05, 3.63) is 46.8 Å². The molecule has 1 aromatic heterocycles. The number of hydrogen-bond donors (Lipinski definition) is 1. The first-order chi connectivity index (χ1) is 10.9. The Bertz CT molecular complexity index is 736. The number of rotatable bonds is 5. The van der Waals surface area contributed by atoms with E-state index in [2.05, 4.69) is 30.3 Å². The summed E-state index contributed by atoms with van der Waals surface area (Å²) in [4.78, 5) is 12.3. The molecule has 0 unspecified atom stereocenters. The molecule has 23 heavy (non-hydrogen) atoms.